The number of amides is 1. The third kappa shape index (κ3) is 4.08. The molecule has 3 rings (SSSR count). The first-order valence-electron chi connectivity index (χ1n) is 9.36. The van der Waals surface area contributed by atoms with Gasteiger partial charge in [-0.1, -0.05) is 31.5 Å². The number of hydrogen-bond acceptors (Lipinski definition) is 3. The van der Waals surface area contributed by atoms with Gasteiger partial charge in [0.15, 0.2) is 0 Å². The van der Waals surface area contributed by atoms with Crippen LogP contribution in [0.25, 0.3) is 10.4 Å². The van der Waals surface area contributed by atoms with Gasteiger partial charge in [-0.25, -0.2) is 0 Å². The zero-order chi connectivity index (χ0) is 19.4. The number of primary amides is 1. The number of thiophene rings is 1. The summed E-state index contributed by atoms with van der Waals surface area (Å²) in [5.41, 5.74) is 10.7. The summed E-state index contributed by atoms with van der Waals surface area (Å²) < 4.78 is 2.26. The number of aryl methyl sites for hydroxylation is 1. The zero-order valence-corrected chi connectivity index (χ0v) is 16.7. The topological polar surface area (TPSA) is 68.2 Å². The molecule has 2 aromatic heterocycles. The number of aromatic nitrogens is 1. The predicted molar refractivity (Wildman–Crippen MR) is 111 cm³/mol. The van der Waals surface area contributed by atoms with Crippen LogP contribution in [0.3, 0.4) is 0 Å². The molecule has 0 bridgehead atoms. The third-order valence-corrected chi connectivity index (χ3v) is 5.86. The monoisotopic (exact) mass is 382 g/mol. The lowest BCUT2D eigenvalue weighted by Gasteiger charge is -2.13. The van der Waals surface area contributed by atoms with Crippen molar-refractivity contribution in [1.82, 2.24) is 4.57 Å². The minimum absolute atomic E-state index is 0.274. The van der Waals surface area contributed by atoms with E-state index in [0.29, 0.717) is 5.56 Å². The molecule has 27 heavy (non-hydrogen) atoms. The number of phenols is 1. The van der Waals surface area contributed by atoms with Gasteiger partial charge in [-0.2, -0.15) is 0 Å². The summed E-state index contributed by atoms with van der Waals surface area (Å²) in [6.07, 6.45) is 3.92. The first-order valence-corrected chi connectivity index (χ1v) is 10.2. The van der Waals surface area contributed by atoms with Crippen LogP contribution in [0.15, 0.2) is 41.8 Å². The van der Waals surface area contributed by atoms with Crippen LogP contribution in [0.5, 0.6) is 5.75 Å². The minimum atomic E-state index is -0.364. The van der Waals surface area contributed by atoms with Gasteiger partial charge in [0.25, 0.3) is 5.91 Å². The van der Waals surface area contributed by atoms with E-state index < -0.39 is 0 Å². The van der Waals surface area contributed by atoms with Gasteiger partial charge in [0.1, 0.15) is 5.75 Å². The molecular formula is C22H26N2O2S. The summed E-state index contributed by atoms with van der Waals surface area (Å²) >= 11 is 1.64. The lowest BCUT2D eigenvalue weighted by molar-refractivity contribution is 0.1000. The number of unbranched alkanes of at least 4 members (excludes halogenated alkanes) is 1. The summed E-state index contributed by atoms with van der Waals surface area (Å²) in [6, 6.07) is 11.4. The van der Waals surface area contributed by atoms with E-state index in [1.807, 2.05) is 30.5 Å². The Bertz CT molecular complexity index is 909. The molecule has 0 aliphatic carbocycles. The van der Waals surface area contributed by atoms with Crippen LogP contribution in [0.4, 0.5) is 0 Å². The SMILES string of the molecule is CCCCc1c(-c2cccs2)c(C(N)=O)c(C)n1CCc1ccc(O)cc1. The van der Waals surface area contributed by atoms with Gasteiger partial charge in [-0.15, -0.1) is 11.3 Å². The number of phenolic OH excluding ortho intramolecular Hbond substituents is 1. The Labute approximate surface area is 164 Å². The summed E-state index contributed by atoms with van der Waals surface area (Å²) in [7, 11) is 0. The fourth-order valence-corrected chi connectivity index (χ4v) is 4.39. The fraction of sp³-hybridized carbons (Fsp3) is 0.318. The van der Waals surface area contributed by atoms with Crippen LogP contribution in [-0.2, 0) is 19.4 Å². The van der Waals surface area contributed by atoms with Crippen molar-refractivity contribution in [2.75, 3.05) is 0 Å². The van der Waals surface area contributed by atoms with Crippen LogP contribution in [0, 0.1) is 6.92 Å². The Balaban J connectivity index is 2.04. The zero-order valence-electron chi connectivity index (χ0n) is 15.9. The van der Waals surface area contributed by atoms with Gasteiger partial charge >= 0.3 is 0 Å². The van der Waals surface area contributed by atoms with Crippen molar-refractivity contribution in [2.45, 2.75) is 46.1 Å². The first-order chi connectivity index (χ1) is 13.0. The Hall–Kier alpha value is -2.53. The van der Waals surface area contributed by atoms with Crippen LogP contribution in [0.1, 0.15) is 47.1 Å². The molecule has 0 saturated heterocycles. The number of benzene rings is 1. The highest BCUT2D eigenvalue weighted by Crippen LogP contribution is 2.36. The molecular weight excluding hydrogens is 356 g/mol. The van der Waals surface area contributed by atoms with Crippen LogP contribution >= 0.6 is 11.3 Å². The highest BCUT2D eigenvalue weighted by molar-refractivity contribution is 7.13. The Kier molecular flexibility index (Phi) is 6.01. The van der Waals surface area contributed by atoms with E-state index in [0.717, 1.165) is 53.9 Å². The molecule has 5 heteroatoms. The quantitative estimate of drug-likeness (QED) is 0.581. The van der Waals surface area contributed by atoms with E-state index >= 15 is 0 Å². The van der Waals surface area contributed by atoms with Gasteiger partial charge in [-0.3, -0.25) is 4.79 Å². The summed E-state index contributed by atoms with van der Waals surface area (Å²) in [4.78, 5) is 13.4. The fourth-order valence-electron chi connectivity index (χ4n) is 3.60. The molecule has 0 atom stereocenters. The van der Waals surface area contributed by atoms with E-state index in [1.54, 1.807) is 23.5 Å². The maximum Gasteiger partial charge on any atom is 0.251 e. The average Bonchev–Trinajstić information content (AvgIpc) is 3.26. The smallest absolute Gasteiger partial charge is 0.251 e. The number of carbonyl (C=O) groups is 1. The van der Waals surface area contributed by atoms with Crippen molar-refractivity contribution >= 4 is 17.2 Å². The van der Waals surface area contributed by atoms with Gasteiger partial charge in [0, 0.05) is 28.4 Å². The van der Waals surface area contributed by atoms with E-state index in [9.17, 15) is 9.90 Å². The van der Waals surface area contributed by atoms with Crippen molar-refractivity contribution in [2.24, 2.45) is 5.73 Å². The first kappa shape index (κ1) is 19.2. The van der Waals surface area contributed by atoms with Gasteiger partial charge < -0.3 is 15.4 Å². The molecule has 0 fully saturated rings. The van der Waals surface area contributed by atoms with Gasteiger partial charge in [0.2, 0.25) is 0 Å². The second kappa shape index (κ2) is 8.44. The maximum atomic E-state index is 12.3. The van der Waals surface area contributed by atoms with Crippen molar-refractivity contribution in [1.29, 1.82) is 0 Å². The Morgan fingerprint density at radius 2 is 1.93 bits per heavy atom. The maximum absolute atomic E-state index is 12.3. The van der Waals surface area contributed by atoms with E-state index in [4.69, 9.17) is 5.73 Å². The van der Waals surface area contributed by atoms with Crippen molar-refractivity contribution in [3.63, 3.8) is 0 Å². The van der Waals surface area contributed by atoms with E-state index in [-0.39, 0.29) is 11.7 Å². The van der Waals surface area contributed by atoms with Gasteiger partial charge in [0.05, 0.1) is 5.56 Å². The molecule has 1 amide bonds. The van der Waals surface area contributed by atoms with Crippen molar-refractivity contribution < 1.29 is 9.90 Å². The lowest BCUT2D eigenvalue weighted by Crippen LogP contribution is -2.13. The Morgan fingerprint density at radius 3 is 2.52 bits per heavy atom. The number of carbonyl (C=O) groups excluding carboxylic acids is 1. The van der Waals surface area contributed by atoms with E-state index in [2.05, 4.69) is 17.6 Å². The molecule has 3 aromatic rings. The summed E-state index contributed by atoms with van der Waals surface area (Å²) in [6.45, 7) is 4.95. The highest BCUT2D eigenvalue weighted by Gasteiger charge is 2.24. The summed E-state index contributed by atoms with van der Waals surface area (Å²) in [5.74, 6) is -0.0902. The lowest BCUT2D eigenvalue weighted by atomic mass is 10.0. The number of nitrogens with zero attached hydrogens (tertiary/aromatic N) is 1. The van der Waals surface area contributed by atoms with Crippen LogP contribution < -0.4 is 5.73 Å². The largest absolute Gasteiger partial charge is 0.508 e. The molecule has 0 aliphatic rings. The molecule has 0 spiro atoms. The van der Waals surface area contributed by atoms with E-state index in [1.165, 1.54) is 5.69 Å². The average molecular weight is 383 g/mol. The summed E-state index contributed by atoms with van der Waals surface area (Å²) in [5, 5.41) is 11.5. The number of nitrogens with two attached hydrogens (primary N) is 1. The van der Waals surface area contributed by atoms with Crippen LogP contribution in [0.2, 0.25) is 0 Å². The minimum Gasteiger partial charge on any atom is -0.508 e. The number of rotatable bonds is 8. The molecule has 0 aliphatic heterocycles. The second-order valence-corrected chi connectivity index (χ2v) is 7.74. The number of hydrogen-bond donors (Lipinski definition) is 2. The molecule has 142 valence electrons. The molecule has 0 unspecified atom stereocenters. The number of aromatic hydroxyl groups is 1. The second-order valence-electron chi connectivity index (χ2n) is 6.80. The Morgan fingerprint density at radius 1 is 1.19 bits per heavy atom. The molecule has 3 N–H and O–H groups in total. The van der Waals surface area contributed by atoms with Crippen LogP contribution in [-0.4, -0.2) is 15.6 Å². The normalized spacial score (nSPS) is 11.0. The standard InChI is InChI=1S/C22H26N2O2S/c1-3-4-6-18-21(19-7-5-14-27-19)20(22(23)26)15(2)24(18)13-12-16-8-10-17(25)11-9-16/h5,7-11,14,25H,3-4,6,12-13H2,1-2H3,(H2,23,26). The molecule has 2 heterocycles. The highest BCUT2D eigenvalue weighted by atomic mass is 32.1. The van der Waals surface area contributed by atoms with Crippen molar-refractivity contribution in [3.05, 3.63) is 64.3 Å². The molecule has 4 nitrogen and oxygen atoms in total. The molecule has 1 aromatic carbocycles. The van der Waals surface area contributed by atoms with Crippen molar-refractivity contribution in [3.8, 4) is 16.2 Å². The predicted octanol–water partition coefficient (Wildman–Crippen LogP) is 4.91. The molecule has 0 radical (unpaired) electrons. The molecule has 0 saturated carbocycles. The van der Waals surface area contributed by atoms with Gasteiger partial charge in [-0.05, 0) is 55.3 Å². The third-order valence-electron chi connectivity index (χ3n) is 4.97.